The Morgan fingerprint density at radius 1 is 1.48 bits per heavy atom. The summed E-state index contributed by atoms with van der Waals surface area (Å²) in [6.07, 6.45) is 8.91. The van der Waals surface area contributed by atoms with Gasteiger partial charge in [-0.25, -0.2) is 4.52 Å². The van der Waals surface area contributed by atoms with Crippen LogP contribution in [-0.4, -0.2) is 46.5 Å². The van der Waals surface area contributed by atoms with E-state index in [0.717, 1.165) is 36.2 Å². The van der Waals surface area contributed by atoms with Gasteiger partial charge >= 0.3 is 0 Å². The third kappa shape index (κ3) is 3.56. The highest BCUT2D eigenvalue weighted by molar-refractivity contribution is 6.22. The minimum Gasteiger partial charge on any atom is -0.494 e. The van der Waals surface area contributed by atoms with Crippen molar-refractivity contribution in [1.29, 1.82) is 10.5 Å². The number of pyridine rings is 1. The quantitative estimate of drug-likeness (QED) is 0.655. The smallest absolute Gasteiger partial charge is 0.179 e. The fourth-order valence-electron chi connectivity index (χ4n) is 3.39. The van der Waals surface area contributed by atoms with Crippen LogP contribution in [0.3, 0.4) is 0 Å². The molecule has 1 atom stereocenters. The maximum atomic E-state index is 9.25. The van der Waals surface area contributed by atoms with Crippen LogP contribution >= 0.6 is 0 Å². The molecule has 0 spiro atoms. The molecule has 1 aliphatic rings. The molecule has 0 bridgehead atoms. The van der Waals surface area contributed by atoms with E-state index in [0.29, 0.717) is 23.4 Å². The van der Waals surface area contributed by atoms with Gasteiger partial charge in [0.1, 0.15) is 22.9 Å². The van der Waals surface area contributed by atoms with Gasteiger partial charge in [-0.2, -0.15) is 15.6 Å². The third-order valence-corrected chi connectivity index (χ3v) is 4.70. The van der Waals surface area contributed by atoms with Crippen LogP contribution in [0.5, 0.6) is 5.75 Å². The number of piperidine rings is 1. The van der Waals surface area contributed by atoms with E-state index in [1.165, 1.54) is 12.4 Å². The highest BCUT2D eigenvalue weighted by Crippen LogP contribution is 2.28. The summed E-state index contributed by atoms with van der Waals surface area (Å²) in [5, 5.41) is 22.6. The normalized spacial score (nSPS) is 18.2. The summed E-state index contributed by atoms with van der Waals surface area (Å²) in [5.41, 5.74) is 9.31. The standard InChI is InChI=1S/C19H21N7O/c1-13(24-16-4-3-5-25(11-16)12-22)17(8-21)14-6-18(27-2)19-15(7-20)9-23-26(19)10-14/h6,8-10,16H,3-5,11,21H2,1-2H3/b17-8+,24-13?. The predicted molar refractivity (Wildman–Crippen MR) is 102 cm³/mol. The SMILES string of the molecule is COc1cc(/C(=C/N)C(C)=NC2CCCN(C#N)C2)cn2ncc(C#N)c12. The minimum atomic E-state index is 0.0638. The van der Waals surface area contributed by atoms with Crippen molar-refractivity contribution in [3.63, 3.8) is 0 Å². The van der Waals surface area contributed by atoms with Crippen LogP contribution in [-0.2, 0) is 0 Å². The first-order valence-corrected chi connectivity index (χ1v) is 8.68. The van der Waals surface area contributed by atoms with Crippen molar-refractivity contribution in [2.75, 3.05) is 20.2 Å². The Morgan fingerprint density at radius 2 is 2.30 bits per heavy atom. The molecule has 138 valence electrons. The molecule has 8 nitrogen and oxygen atoms in total. The monoisotopic (exact) mass is 363 g/mol. The maximum Gasteiger partial charge on any atom is 0.179 e. The van der Waals surface area contributed by atoms with Gasteiger partial charge in [-0.15, -0.1) is 0 Å². The topological polar surface area (TPSA) is 116 Å². The summed E-state index contributed by atoms with van der Waals surface area (Å²) in [6, 6.07) is 4.01. The van der Waals surface area contributed by atoms with Crippen molar-refractivity contribution in [3.05, 3.63) is 35.8 Å². The van der Waals surface area contributed by atoms with Gasteiger partial charge in [0.25, 0.3) is 0 Å². The molecule has 0 amide bonds. The first kappa shape index (κ1) is 18.3. The molecule has 2 aromatic heterocycles. The molecule has 1 aliphatic heterocycles. The lowest BCUT2D eigenvalue weighted by atomic mass is 10.0. The molecule has 2 aromatic rings. The number of methoxy groups -OCH3 is 1. The Hall–Kier alpha value is -3.52. The van der Waals surface area contributed by atoms with Crippen LogP contribution in [0.15, 0.2) is 29.7 Å². The van der Waals surface area contributed by atoms with E-state index < -0.39 is 0 Å². The number of ether oxygens (including phenoxy) is 1. The zero-order valence-electron chi connectivity index (χ0n) is 15.4. The molecule has 3 rings (SSSR count). The van der Waals surface area contributed by atoms with Crippen LogP contribution < -0.4 is 10.5 Å². The Bertz CT molecular complexity index is 990. The van der Waals surface area contributed by atoms with Gasteiger partial charge in [-0.3, -0.25) is 4.99 Å². The summed E-state index contributed by atoms with van der Waals surface area (Å²) >= 11 is 0. The van der Waals surface area contributed by atoms with E-state index in [9.17, 15) is 5.26 Å². The zero-order chi connectivity index (χ0) is 19.4. The van der Waals surface area contributed by atoms with E-state index in [2.05, 4.69) is 17.4 Å². The van der Waals surface area contributed by atoms with Gasteiger partial charge in [0, 0.05) is 35.8 Å². The molecule has 27 heavy (non-hydrogen) atoms. The fourth-order valence-corrected chi connectivity index (χ4v) is 3.39. The van der Waals surface area contributed by atoms with Crippen molar-refractivity contribution in [1.82, 2.24) is 14.5 Å². The molecular weight excluding hydrogens is 342 g/mol. The summed E-state index contributed by atoms with van der Waals surface area (Å²) < 4.78 is 7.07. The molecule has 0 aromatic carbocycles. The molecule has 8 heteroatoms. The van der Waals surface area contributed by atoms with Crippen molar-refractivity contribution >= 4 is 16.8 Å². The van der Waals surface area contributed by atoms with Crippen molar-refractivity contribution in [2.24, 2.45) is 10.7 Å². The van der Waals surface area contributed by atoms with Crippen molar-refractivity contribution in [2.45, 2.75) is 25.8 Å². The molecular formula is C19H21N7O. The van der Waals surface area contributed by atoms with Crippen LogP contribution in [0.1, 0.15) is 30.9 Å². The van der Waals surface area contributed by atoms with Gasteiger partial charge in [0.2, 0.25) is 0 Å². The third-order valence-electron chi connectivity index (χ3n) is 4.70. The second-order valence-electron chi connectivity index (χ2n) is 6.40. The number of nitrogens with zero attached hydrogens (tertiary/aromatic N) is 6. The number of allylic oxidation sites excluding steroid dienone is 1. The number of aliphatic imine (C=N–C) groups is 1. The molecule has 1 fully saturated rings. The van der Waals surface area contributed by atoms with E-state index in [4.69, 9.17) is 20.7 Å². The van der Waals surface area contributed by atoms with Gasteiger partial charge in [-0.05, 0) is 25.8 Å². The van der Waals surface area contributed by atoms with E-state index in [-0.39, 0.29) is 6.04 Å². The van der Waals surface area contributed by atoms with E-state index >= 15 is 0 Å². The average Bonchev–Trinajstić information content (AvgIpc) is 3.11. The summed E-state index contributed by atoms with van der Waals surface area (Å²) in [6.45, 7) is 3.32. The Kier molecular flexibility index (Phi) is 5.28. The lowest BCUT2D eigenvalue weighted by Crippen LogP contribution is -2.34. The summed E-state index contributed by atoms with van der Waals surface area (Å²) in [4.78, 5) is 6.53. The average molecular weight is 363 g/mol. The van der Waals surface area contributed by atoms with Gasteiger partial charge in [-0.1, -0.05) is 0 Å². The zero-order valence-corrected chi connectivity index (χ0v) is 15.4. The number of nitriles is 2. The number of hydrogen-bond acceptors (Lipinski definition) is 7. The second-order valence-corrected chi connectivity index (χ2v) is 6.40. The van der Waals surface area contributed by atoms with Crippen molar-refractivity contribution in [3.8, 4) is 18.0 Å². The summed E-state index contributed by atoms with van der Waals surface area (Å²) in [7, 11) is 1.55. The molecule has 1 unspecified atom stereocenters. The first-order chi connectivity index (χ1) is 13.1. The lowest BCUT2D eigenvalue weighted by Gasteiger charge is -2.26. The van der Waals surface area contributed by atoms with Crippen LogP contribution in [0.25, 0.3) is 11.1 Å². The predicted octanol–water partition coefficient (Wildman–Crippen LogP) is 1.92. The van der Waals surface area contributed by atoms with Crippen LogP contribution in [0.2, 0.25) is 0 Å². The number of aromatic nitrogens is 2. The number of nitrogens with two attached hydrogens (primary N) is 1. The number of hydrogen-bond donors (Lipinski definition) is 1. The first-order valence-electron chi connectivity index (χ1n) is 8.68. The molecule has 1 saturated heterocycles. The largest absolute Gasteiger partial charge is 0.494 e. The Labute approximate surface area is 157 Å². The molecule has 0 radical (unpaired) electrons. The molecule has 2 N–H and O–H groups in total. The minimum absolute atomic E-state index is 0.0638. The van der Waals surface area contributed by atoms with E-state index in [1.807, 2.05) is 13.0 Å². The maximum absolute atomic E-state index is 9.25. The van der Waals surface area contributed by atoms with Crippen LogP contribution in [0.4, 0.5) is 0 Å². The number of likely N-dealkylation sites (tertiary alicyclic amines) is 1. The van der Waals surface area contributed by atoms with Gasteiger partial charge in [0.15, 0.2) is 6.19 Å². The lowest BCUT2D eigenvalue weighted by molar-refractivity contribution is 0.293. The Balaban J connectivity index is 1.97. The Morgan fingerprint density at radius 3 is 2.96 bits per heavy atom. The molecule has 0 saturated carbocycles. The summed E-state index contributed by atoms with van der Waals surface area (Å²) in [5.74, 6) is 0.544. The molecule has 3 heterocycles. The number of fused-ring (bicyclic) bond motifs is 1. The van der Waals surface area contributed by atoms with Crippen LogP contribution in [0, 0.1) is 22.8 Å². The highest BCUT2D eigenvalue weighted by Gasteiger charge is 2.20. The number of rotatable bonds is 4. The van der Waals surface area contributed by atoms with E-state index in [1.54, 1.807) is 22.7 Å². The molecule has 0 aliphatic carbocycles. The highest BCUT2D eigenvalue weighted by atomic mass is 16.5. The van der Waals surface area contributed by atoms with Gasteiger partial charge in [0.05, 0.1) is 25.9 Å². The van der Waals surface area contributed by atoms with Crippen molar-refractivity contribution < 1.29 is 4.74 Å². The fraction of sp³-hybridized carbons (Fsp3) is 0.368. The van der Waals surface area contributed by atoms with Gasteiger partial charge < -0.3 is 15.4 Å². The second kappa shape index (κ2) is 7.79.